The van der Waals surface area contributed by atoms with Gasteiger partial charge in [0.25, 0.3) is 0 Å². The van der Waals surface area contributed by atoms with Crippen molar-refractivity contribution >= 4 is 5.78 Å². The number of ketones is 1. The van der Waals surface area contributed by atoms with E-state index in [-0.39, 0.29) is 5.78 Å². The molecule has 0 aliphatic carbocycles. The van der Waals surface area contributed by atoms with Gasteiger partial charge in [0, 0.05) is 5.56 Å². The zero-order valence-corrected chi connectivity index (χ0v) is 10.1. The van der Waals surface area contributed by atoms with E-state index in [1.54, 1.807) is 12.1 Å². The summed E-state index contributed by atoms with van der Waals surface area (Å²) in [7, 11) is 0. The van der Waals surface area contributed by atoms with Crippen molar-refractivity contribution in [1.29, 1.82) is 0 Å². The predicted octanol–water partition coefficient (Wildman–Crippen LogP) is 3.71. The number of hydrogen-bond acceptors (Lipinski definition) is 2. The van der Waals surface area contributed by atoms with Gasteiger partial charge in [-0.2, -0.15) is 0 Å². The first kappa shape index (κ1) is 11.6. The molecule has 0 aliphatic rings. The van der Waals surface area contributed by atoms with Gasteiger partial charge in [0.1, 0.15) is 0 Å². The molecule has 2 aromatic rings. The molecule has 1 heterocycles. The average molecular weight is 228 g/mol. The fraction of sp³-hybridized carbons (Fsp3) is 0.267. The highest BCUT2D eigenvalue weighted by molar-refractivity contribution is 6.07. The van der Waals surface area contributed by atoms with Gasteiger partial charge in [-0.1, -0.05) is 32.0 Å². The molecule has 0 radical (unpaired) electrons. The highest BCUT2D eigenvalue weighted by Crippen LogP contribution is 2.14. The molecule has 0 bridgehead atoms. The van der Waals surface area contributed by atoms with E-state index >= 15 is 0 Å². The summed E-state index contributed by atoms with van der Waals surface area (Å²) >= 11 is 0. The second-order valence-electron chi connectivity index (χ2n) is 4.60. The van der Waals surface area contributed by atoms with Gasteiger partial charge in [-0.25, -0.2) is 0 Å². The van der Waals surface area contributed by atoms with Crippen LogP contribution >= 0.6 is 0 Å². The SMILES string of the molecule is CC(C)Cc1cccc(C(=O)c2ccco2)c1. The van der Waals surface area contributed by atoms with Crippen LogP contribution in [0.2, 0.25) is 0 Å². The van der Waals surface area contributed by atoms with Crippen LogP contribution in [-0.2, 0) is 6.42 Å². The molecule has 0 saturated heterocycles. The van der Waals surface area contributed by atoms with Crippen LogP contribution in [0.5, 0.6) is 0 Å². The molecule has 0 fully saturated rings. The minimum atomic E-state index is -0.0550. The topological polar surface area (TPSA) is 30.2 Å². The zero-order valence-electron chi connectivity index (χ0n) is 10.1. The van der Waals surface area contributed by atoms with Crippen molar-refractivity contribution in [2.75, 3.05) is 0 Å². The molecular formula is C15H16O2. The third kappa shape index (κ3) is 2.84. The van der Waals surface area contributed by atoms with E-state index in [2.05, 4.69) is 19.9 Å². The van der Waals surface area contributed by atoms with Crippen LogP contribution in [-0.4, -0.2) is 5.78 Å². The number of carbonyl (C=O) groups excluding carboxylic acids is 1. The van der Waals surface area contributed by atoms with Crippen molar-refractivity contribution in [3.05, 3.63) is 59.5 Å². The molecular weight excluding hydrogens is 212 g/mol. The molecule has 1 aromatic heterocycles. The van der Waals surface area contributed by atoms with Crippen LogP contribution < -0.4 is 0 Å². The van der Waals surface area contributed by atoms with E-state index in [9.17, 15) is 4.79 Å². The molecule has 0 spiro atoms. The Morgan fingerprint density at radius 2 is 2.06 bits per heavy atom. The Bertz CT molecular complexity index is 495. The van der Waals surface area contributed by atoms with Gasteiger partial charge in [0.15, 0.2) is 5.76 Å². The van der Waals surface area contributed by atoms with Crippen molar-refractivity contribution in [2.24, 2.45) is 5.92 Å². The highest BCUT2D eigenvalue weighted by atomic mass is 16.3. The largest absolute Gasteiger partial charge is 0.461 e. The second-order valence-corrected chi connectivity index (χ2v) is 4.60. The van der Waals surface area contributed by atoms with Crippen LogP contribution in [0.15, 0.2) is 47.1 Å². The number of furan rings is 1. The molecule has 88 valence electrons. The molecule has 0 N–H and O–H groups in total. The van der Waals surface area contributed by atoms with Crippen LogP contribution in [0, 0.1) is 5.92 Å². The Balaban J connectivity index is 2.24. The van der Waals surface area contributed by atoms with Gasteiger partial charge in [-0.15, -0.1) is 0 Å². The smallest absolute Gasteiger partial charge is 0.228 e. The standard InChI is InChI=1S/C15H16O2/c1-11(2)9-12-5-3-6-13(10-12)15(16)14-7-4-8-17-14/h3-8,10-11H,9H2,1-2H3. The molecule has 17 heavy (non-hydrogen) atoms. The molecule has 2 nitrogen and oxygen atoms in total. The Kier molecular flexibility index (Phi) is 3.43. The summed E-state index contributed by atoms with van der Waals surface area (Å²) in [6.07, 6.45) is 2.50. The van der Waals surface area contributed by atoms with Gasteiger partial charge in [-0.05, 0) is 36.1 Å². The first-order valence-corrected chi connectivity index (χ1v) is 5.84. The van der Waals surface area contributed by atoms with Crippen LogP contribution in [0.25, 0.3) is 0 Å². The lowest BCUT2D eigenvalue weighted by Gasteiger charge is -2.06. The third-order valence-corrected chi connectivity index (χ3v) is 2.58. The zero-order chi connectivity index (χ0) is 12.3. The first-order valence-electron chi connectivity index (χ1n) is 5.84. The van der Waals surface area contributed by atoms with E-state index in [0.717, 1.165) is 6.42 Å². The van der Waals surface area contributed by atoms with Crippen molar-refractivity contribution in [3.8, 4) is 0 Å². The monoisotopic (exact) mass is 228 g/mol. The second kappa shape index (κ2) is 5.00. The molecule has 0 saturated carbocycles. The van der Waals surface area contributed by atoms with Crippen molar-refractivity contribution in [2.45, 2.75) is 20.3 Å². The summed E-state index contributed by atoms with van der Waals surface area (Å²) in [4.78, 5) is 12.1. The Hall–Kier alpha value is -1.83. The van der Waals surface area contributed by atoms with E-state index < -0.39 is 0 Å². The molecule has 2 heteroatoms. The van der Waals surface area contributed by atoms with Crippen LogP contribution in [0.3, 0.4) is 0 Å². The van der Waals surface area contributed by atoms with Gasteiger partial charge < -0.3 is 4.42 Å². The first-order chi connectivity index (χ1) is 8.16. The minimum Gasteiger partial charge on any atom is -0.461 e. The maximum Gasteiger partial charge on any atom is 0.228 e. The highest BCUT2D eigenvalue weighted by Gasteiger charge is 2.12. The summed E-state index contributed by atoms with van der Waals surface area (Å²) < 4.78 is 5.12. The molecule has 0 unspecified atom stereocenters. The number of rotatable bonds is 4. The van der Waals surface area contributed by atoms with E-state index in [4.69, 9.17) is 4.42 Å². The summed E-state index contributed by atoms with van der Waals surface area (Å²) in [6, 6.07) is 11.2. The Labute approximate surface area is 101 Å². The molecule has 0 aliphatic heterocycles. The normalized spacial score (nSPS) is 10.8. The molecule has 0 atom stereocenters. The minimum absolute atomic E-state index is 0.0550. The Morgan fingerprint density at radius 1 is 1.24 bits per heavy atom. The van der Waals surface area contributed by atoms with Crippen molar-refractivity contribution in [3.63, 3.8) is 0 Å². The van der Waals surface area contributed by atoms with Gasteiger partial charge in [0.05, 0.1) is 6.26 Å². The number of carbonyl (C=O) groups is 1. The maximum atomic E-state index is 12.1. The lowest BCUT2D eigenvalue weighted by atomic mass is 9.99. The van der Waals surface area contributed by atoms with Crippen LogP contribution in [0.1, 0.15) is 35.5 Å². The quantitative estimate of drug-likeness (QED) is 0.747. The molecule has 1 aromatic carbocycles. The number of hydrogen-bond donors (Lipinski definition) is 0. The van der Waals surface area contributed by atoms with Crippen LogP contribution in [0.4, 0.5) is 0 Å². The van der Waals surface area contributed by atoms with Crippen molar-refractivity contribution in [1.82, 2.24) is 0 Å². The van der Waals surface area contributed by atoms with E-state index in [1.807, 2.05) is 18.2 Å². The van der Waals surface area contributed by atoms with E-state index in [1.165, 1.54) is 11.8 Å². The van der Waals surface area contributed by atoms with Crippen molar-refractivity contribution < 1.29 is 9.21 Å². The summed E-state index contributed by atoms with van der Waals surface area (Å²) in [5, 5.41) is 0. The summed E-state index contributed by atoms with van der Waals surface area (Å²) in [6.45, 7) is 4.34. The van der Waals surface area contributed by atoms with E-state index in [0.29, 0.717) is 17.2 Å². The number of benzene rings is 1. The lowest BCUT2D eigenvalue weighted by molar-refractivity contribution is 0.101. The molecule has 2 rings (SSSR count). The molecule has 0 amide bonds. The summed E-state index contributed by atoms with van der Waals surface area (Å²) in [5.74, 6) is 0.927. The third-order valence-electron chi connectivity index (χ3n) is 2.58. The van der Waals surface area contributed by atoms with Gasteiger partial charge in [-0.3, -0.25) is 4.79 Å². The fourth-order valence-electron chi connectivity index (χ4n) is 1.86. The lowest BCUT2D eigenvalue weighted by Crippen LogP contribution is -2.01. The van der Waals surface area contributed by atoms with Gasteiger partial charge in [0.2, 0.25) is 5.78 Å². The van der Waals surface area contributed by atoms with Gasteiger partial charge >= 0.3 is 0 Å². The summed E-state index contributed by atoms with van der Waals surface area (Å²) in [5.41, 5.74) is 1.88. The fourth-order valence-corrected chi connectivity index (χ4v) is 1.86. The Morgan fingerprint density at radius 3 is 2.71 bits per heavy atom. The average Bonchev–Trinajstić information content (AvgIpc) is 2.81. The maximum absolute atomic E-state index is 12.1. The predicted molar refractivity (Wildman–Crippen MR) is 67.1 cm³/mol.